The van der Waals surface area contributed by atoms with E-state index in [0.29, 0.717) is 11.5 Å². The first-order chi connectivity index (χ1) is 9.72. The minimum atomic E-state index is -3.34. The van der Waals surface area contributed by atoms with Crippen molar-refractivity contribution in [1.82, 2.24) is 0 Å². The fraction of sp³-hybridized carbons (Fsp3) is 0.533. The average molecular weight is 329 g/mol. The zero-order valence-corrected chi connectivity index (χ0v) is 14.3. The van der Waals surface area contributed by atoms with E-state index in [1.165, 1.54) is 12.1 Å². The van der Waals surface area contributed by atoms with Gasteiger partial charge in [0.25, 0.3) is 0 Å². The summed E-state index contributed by atoms with van der Waals surface area (Å²) < 4.78 is 29.9. The number of hydrogen-bond acceptors (Lipinski definition) is 4. The van der Waals surface area contributed by atoms with Crippen LogP contribution in [0.5, 0.6) is 0 Å². The molecule has 0 aromatic heterocycles. The van der Waals surface area contributed by atoms with Crippen LogP contribution >= 0.6 is 12.2 Å². The fourth-order valence-electron chi connectivity index (χ4n) is 2.04. The van der Waals surface area contributed by atoms with E-state index in [-0.39, 0.29) is 28.3 Å². The largest absolute Gasteiger partial charge is 0.389 e. The first kappa shape index (κ1) is 18.1. The van der Waals surface area contributed by atoms with Gasteiger partial charge in [-0.15, -0.1) is 0 Å². The maximum atomic E-state index is 12.2. The number of hydrogen-bond donors (Lipinski definition) is 1. The van der Waals surface area contributed by atoms with Gasteiger partial charge in [0.15, 0.2) is 9.84 Å². The van der Waals surface area contributed by atoms with E-state index in [0.717, 1.165) is 6.42 Å². The van der Waals surface area contributed by atoms with Gasteiger partial charge in [0.05, 0.1) is 23.4 Å². The molecular formula is C15H23NO3S2. The quantitative estimate of drug-likeness (QED) is 0.742. The summed E-state index contributed by atoms with van der Waals surface area (Å²) in [7, 11) is -3.34. The van der Waals surface area contributed by atoms with Gasteiger partial charge < -0.3 is 10.5 Å². The lowest BCUT2D eigenvalue weighted by molar-refractivity contribution is 0.0627. The molecule has 0 saturated carbocycles. The van der Waals surface area contributed by atoms with Gasteiger partial charge >= 0.3 is 0 Å². The Morgan fingerprint density at radius 2 is 1.81 bits per heavy atom. The summed E-state index contributed by atoms with van der Waals surface area (Å²) in [6.07, 6.45) is 0.986. The second kappa shape index (κ2) is 7.87. The predicted molar refractivity (Wildman–Crippen MR) is 89.3 cm³/mol. The van der Waals surface area contributed by atoms with Gasteiger partial charge in [0.2, 0.25) is 0 Å². The molecule has 1 aromatic rings. The summed E-state index contributed by atoms with van der Waals surface area (Å²) in [5, 5.41) is 0. The van der Waals surface area contributed by atoms with Crippen LogP contribution in [-0.4, -0.2) is 31.9 Å². The molecule has 4 nitrogen and oxygen atoms in total. The predicted octanol–water partition coefficient (Wildman–Crippen LogP) is 2.55. The van der Waals surface area contributed by atoms with Crippen LogP contribution in [0.25, 0.3) is 0 Å². The zero-order chi connectivity index (χ0) is 16.0. The van der Waals surface area contributed by atoms with Gasteiger partial charge in [0.1, 0.15) is 4.99 Å². The highest BCUT2D eigenvalue weighted by atomic mass is 32.2. The van der Waals surface area contributed by atoms with E-state index in [1.54, 1.807) is 12.1 Å². The van der Waals surface area contributed by atoms with Crippen LogP contribution in [0.3, 0.4) is 0 Å². The third kappa shape index (κ3) is 6.11. The monoisotopic (exact) mass is 329 g/mol. The van der Waals surface area contributed by atoms with Gasteiger partial charge in [-0.1, -0.05) is 38.2 Å². The molecule has 6 heteroatoms. The van der Waals surface area contributed by atoms with Crippen molar-refractivity contribution in [3.63, 3.8) is 0 Å². The van der Waals surface area contributed by atoms with E-state index in [2.05, 4.69) is 13.8 Å². The Bertz CT molecular complexity index is 565. The number of benzene rings is 1. The third-order valence-corrected chi connectivity index (χ3v) is 4.99. The molecule has 2 N–H and O–H groups in total. The lowest BCUT2D eigenvalue weighted by Crippen LogP contribution is -2.18. The second-order valence-corrected chi connectivity index (χ2v) is 8.07. The third-order valence-electron chi connectivity index (χ3n) is 3.06. The summed E-state index contributed by atoms with van der Waals surface area (Å²) in [6, 6.07) is 6.30. The Hall–Kier alpha value is -0.980. The molecule has 0 heterocycles. The van der Waals surface area contributed by atoms with Crippen LogP contribution in [0.2, 0.25) is 0 Å². The topological polar surface area (TPSA) is 69.4 Å². The number of rotatable bonds is 8. The van der Waals surface area contributed by atoms with Gasteiger partial charge in [-0.05, 0) is 31.4 Å². The molecule has 0 aliphatic carbocycles. The molecule has 1 aromatic carbocycles. The Balaban J connectivity index is 2.59. The van der Waals surface area contributed by atoms with Crippen molar-refractivity contribution in [2.45, 2.75) is 38.2 Å². The second-order valence-electron chi connectivity index (χ2n) is 5.52. The number of ether oxygens (including phenoxy) is 1. The molecule has 0 aliphatic rings. The molecule has 1 rings (SSSR count). The van der Waals surface area contributed by atoms with Crippen molar-refractivity contribution in [2.75, 3.05) is 12.4 Å². The van der Waals surface area contributed by atoms with E-state index >= 15 is 0 Å². The van der Waals surface area contributed by atoms with E-state index in [1.807, 2.05) is 6.92 Å². The number of sulfone groups is 1. The van der Waals surface area contributed by atoms with Crippen LogP contribution in [0, 0.1) is 5.92 Å². The molecule has 0 radical (unpaired) electrons. The first-order valence-electron chi connectivity index (χ1n) is 6.96. The molecule has 0 spiro atoms. The van der Waals surface area contributed by atoms with Crippen LogP contribution in [0.4, 0.5) is 0 Å². The molecule has 1 unspecified atom stereocenters. The standard InChI is InChI=1S/C15H23NO3S2/c1-11(2)10-12(3)19-8-9-21(17,18)14-6-4-13(5-7-14)15(16)20/h4-7,11-12H,8-10H2,1-3H3,(H2,16,20). The summed E-state index contributed by atoms with van der Waals surface area (Å²) >= 11 is 4.84. The summed E-state index contributed by atoms with van der Waals surface area (Å²) in [6.45, 7) is 6.39. The Morgan fingerprint density at radius 1 is 1.24 bits per heavy atom. The van der Waals surface area contributed by atoms with Crippen molar-refractivity contribution >= 4 is 27.0 Å². The highest BCUT2D eigenvalue weighted by Crippen LogP contribution is 2.13. The van der Waals surface area contributed by atoms with Crippen LogP contribution in [0.1, 0.15) is 32.8 Å². The van der Waals surface area contributed by atoms with Gasteiger partial charge in [-0.3, -0.25) is 0 Å². The molecular weight excluding hydrogens is 306 g/mol. The zero-order valence-electron chi connectivity index (χ0n) is 12.7. The van der Waals surface area contributed by atoms with Crippen molar-refractivity contribution < 1.29 is 13.2 Å². The minimum absolute atomic E-state index is 0.0259. The molecule has 21 heavy (non-hydrogen) atoms. The van der Waals surface area contributed by atoms with Crippen LogP contribution in [0.15, 0.2) is 29.2 Å². The minimum Gasteiger partial charge on any atom is -0.389 e. The highest BCUT2D eigenvalue weighted by molar-refractivity contribution is 7.91. The molecule has 0 bridgehead atoms. The molecule has 0 saturated heterocycles. The molecule has 118 valence electrons. The summed E-state index contributed by atoms with van der Waals surface area (Å²) in [5.74, 6) is 0.506. The molecule has 1 atom stereocenters. The van der Waals surface area contributed by atoms with Gasteiger partial charge in [-0.25, -0.2) is 8.42 Å². The number of thiocarbonyl (C=S) groups is 1. The first-order valence-corrected chi connectivity index (χ1v) is 9.02. The van der Waals surface area contributed by atoms with Gasteiger partial charge in [-0.2, -0.15) is 0 Å². The SMILES string of the molecule is CC(C)CC(C)OCCS(=O)(=O)c1ccc(C(N)=S)cc1. The molecule has 0 aliphatic heterocycles. The lowest BCUT2D eigenvalue weighted by atomic mass is 10.1. The lowest BCUT2D eigenvalue weighted by Gasteiger charge is -2.15. The Morgan fingerprint density at radius 3 is 2.29 bits per heavy atom. The average Bonchev–Trinajstić information content (AvgIpc) is 2.37. The summed E-state index contributed by atoms with van der Waals surface area (Å²) in [5.41, 5.74) is 6.15. The van der Waals surface area contributed by atoms with E-state index in [4.69, 9.17) is 22.7 Å². The fourth-order valence-corrected chi connectivity index (χ4v) is 3.27. The maximum Gasteiger partial charge on any atom is 0.180 e. The smallest absolute Gasteiger partial charge is 0.180 e. The van der Waals surface area contributed by atoms with Crippen molar-refractivity contribution in [3.8, 4) is 0 Å². The maximum absolute atomic E-state index is 12.2. The Labute approximate surface area is 132 Å². The summed E-state index contributed by atoms with van der Waals surface area (Å²) in [4.78, 5) is 0.521. The van der Waals surface area contributed by atoms with Crippen molar-refractivity contribution in [1.29, 1.82) is 0 Å². The van der Waals surface area contributed by atoms with Crippen molar-refractivity contribution in [2.24, 2.45) is 11.7 Å². The Kier molecular flexibility index (Phi) is 6.77. The van der Waals surface area contributed by atoms with Gasteiger partial charge in [0, 0.05) is 5.56 Å². The van der Waals surface area contributed by atoms with Crippen LogP contribution < -0.4 is 5.73 Å². The van der Waals surface area contributed by atoms with Crippen molar-refractivity contribution in [3.05, 3.63) is 29.8 Å². The van der Waals surface area contributed by atoms with E-state index in [9.17, 15) is 8.42 Å². The molecule has 0 fully saturated rings. The van der Waals surface area contributed by atoms with Crippen LogP contribution in [-0.2, 0) is 14.6 Å². The molecule has 0 amide bonds. The number of nitrogens with two attached hydrogens (primary N) is 1. The highest BCUT2D eigenvalue weighted by Gasteiger charge is 2.15. The van der Waals surface area contributed by atoms with E-state index < -0.39 is 9.84 Å². The normalized spacial score (nSPS) is 13.3.